The monoisotopic (exact) mass is 1180 g/mol. The van der Waals surface area contributed by atoms with E-state index in [-0.39, 0.29) is 13.0 Å². The van der Waals surface area contributed by atoms with Gasteiger partial charge in [0.15, 0.2) is 43.8 Å². The number of carbonyl (C=O) groups is 1. The molecule has 0 aromatic carbocycles. The van der Waals surface area contributed by atoms with Crippen LogP contribution in [0.2, 0.25) is 0 Å². The molecule has 0 aromatic rings. The lowest BCUT2D eigenvalue weighted by molar-refractivity contribution is -0.466. The number of aliphatic hydroxyl groups excluding tert-OH is 16. The Morgan fingerprint density at radius 1 is 0.588 bits per heavy atom. The molecule has 80 heavy (non-hydrogen) atoms. The van der Waals surface area contributed by atoms with Gasteiger partial charge in [0.2, 0.25) is 12.2 Å². The maximum absolute atomic E-state index is 13.0. The van der Waals surface area contributed by atoms with Crippen molar-refractivity contribution in [1.29, 1.82) is 0 Å². The van der Waals surface area contributed by atoms with E-state index in [1.54, 1.807) is 20.8 Å². The van der Waals surface area contributed by atoms with E-state index < -0.39 is 236 Å². The second-order valence-corrected chi connectivity index (χ2v) is 20.1. The standard InChI is InChI=1S/C47H85NO32/c1-8-22(16(3)66-6)72-47-40(79-80-43-23(11-20(54)31(58)25(13-50)74-43)71-41(65)35(62)37(64)45(67-7)68-9-2)34(61)32(59)27(76-47)15-69-44-28(48-18(5)52)39(78-46-36(63)33(60)29(56)17(4)70-46)38(26(14-51)75-44)77-42-21(55)10-19(53)30(57)24(12-49)73-42/h16-17,19-47,49-51,53-65H,8-15H2,1-7H3,(H,48,52)/t16-,17?,19?,20?,21?,22?,23?,24?,25?,26?,27?,28?,29-,30-,31-,32-,33?,34?,35?,36?,37?,38-,39?,40?,41-,42+,43+,44-,45-,46+,47+/m1/s1. The highest BCUT2D eigenvalue weighted by molar-refractivity contribution is 5.73. The van der Waals surface area contributed by atoms with Crippen LogP contribution in [0.5, 0.6) is 0 Å². The molecule has 31 atom stereocenters. The number of hydrogen-bond donors (Lipinski definition) is 17. The van der Waals surface area contributed by atoms with Crippen molar-refractivity contribution in [2.45, 2.75) is 244 Å². The third-order valence-corrected chi connectivity index (χ3v) is 14.4. The fourth-order valence-electron chi connectivity index (χ4n) is 9.62. The molecule has 0 bridgehead atoms. The molecule has 0 saturated carbocycles. The van der Waals surface area contributed by atoms with Crippen molar-refractivity contribution in [2.75, 3.05) is 47.3 Å². The molecule has 5 fully saturated rings. The molecular weight excluding hydrogens is 1090 g/mol. The average molecular weight is 1180 g/mol. The van der Waals surface area contributed by atoms with Gasteiger partial charge >= 0.3 is 0 Å². The lowest BCUT2D eigenvalue weighted by Crippen LogP contribution is -2.69. The predicted octanol–water partition coefficient (Wildman–Crippen LogP) is -9.13. The molecule has 5 heterocycles. The van der Waals surface area contributed by atoms with Crippen LogP contribution >= 0.6 is 0 Å². The second kappa shape index (κ2) is 32.1. The summed E-state index contributed by atoms with van der Waals surface area (Å²) in [5.74, 6) is -0.784. The van der Waals surface area contributed by atoms with Crippen molar-refractivity contribution in [3.05, 3.63) is 0 Å². The summed E-state index contributed by atoms with van der Waals surface area (Å²) < 4.78 is 75.6. The van der Waals surface area contributed by atoms with E-state index in [1.807, 2.05) is 0 Å². The van der Waals surface area contributed by atoms with Crippen molar-refractivity contribution in [1.82, 2.24) is 5.32 Å². The Morgan fingerprint density at radius 3 is 1.75 bits per heavy atom. The van der Waals surface area contributed by atoms with E-state index in [0.29, 0.717) is 0 Å². The minimum atomic E-state index is -2.31. The first-order valence-electron chi connectivity index (χ1n) is 26.3. The third-order valence-electron chi connectivity index (χ3n) is 14.4. The van der Waals surface area contributed by atoms with E-state index in [2.05, 4.69) is 5.32 Å². The van der Waals surface area contributed by atoms with Crippen LogP contribution in [0.3, 0.4) is 0 Å². The van der Waals surface area contributed by atoms with Gasteiger partial charge in [-0.3, -0.25) is 4.79 Å². The first-order valence-corrected chi connectivity index (χ1v) is 26.3. The fourth-order valence-corrected chi connectivity index (χ4v) is 9.62. The summed E-state index contributed by atoms with van der Waals surface area (Å²) in [6, 6.07) is -1.64. The van der Waals surface area contributed by atoms with Gasteiger partial charge in [0.1, 0.15) is 110 Å². The van der Waals surface area contributed by atoms with Crippen LogP contribution in [-0.2, 0) is 76.1 Å². The molecule has 33 heteroatoms. The fraction of sp³-hybridized carbons (Fsp3) is 0.979. The van der Waals surface area contributed by atoms with Crippen molar-refractivity contribution >= 4 is 5.91 Å². The summed E-state index contributed by atoms with van der Waals surface area (Å²) in [4.78, 5) is 24.3. The van der Waals surface area contributed by atoms with E-state index in [4.69, 9.17) is 71.4 Å². The molecule has 18 unspecified atom stereocenters. The van der Waals surface area contributed by atoms with Crippen molar-refractivity contribution in [3.63, 3.8) is 0 Å². The molecule has 0 aromatic heterocycles. The Labute approximate surface area is 460 Å². The molecule has 0 radical (unpaired) electrons. The SMILES string of the molecule is CCO[C@@H](OC)C(O)C(O)[C@H](O)OC1CC(O)[C@@H](O)C(CO)O[C@H]1OOC1C(O)[C@H](O)C(CO[C@@H]2OC(CO)[C@@H](O[C@@H]3OC(CO)[C@H](O)C(O)CC3O)C(O[C@@H]3OC(C)[C@@H](O)C(O)C3O)C2NC(C)=O)O[C@@H]1OC(CC)[C@@H](C)OC. The zero-order chi connectivity index (χ0) is 59.4. The first-order chi connectivity index (χ1) is 37.9. The number of nitrogens with one attached hydrogen (secondary N) is 1. The normalized spacial score (nSPS) is 43.5. The van der Waals surface area contributed by atoms with Crippen LogP contribution < -0.4 is 5.32 Å². The van der Waals surface area contributed by atoms with Crippen LogP contribution in [-0.4, -0.2) is 325 Å². The molecule has 5 saturated heterocycles. The summed E-state index contributed by atoms with van der Waals surface area (Å²) in [5.41, 5.74) is 0. The molecular formula is C47H85NO32. The molecule has 5 aliphatic rings. The van der Waals surface area contributed by atoms with Crippen LogP contribution in [0.25, 0.3) is 0 Å². The van der Waals surface area contributed by atoms with Crippen LogP contribution in [0.15, 0.2) is 0 Å². The van der Waals surface area contributed by atoms with E-state index in [9.17, 15) is 86.5 Å². The summed E-state index contributed by atoms with van der Waals surface area (Å²) in [5, 5.41) is 176. The number of rotatable bonds is 27. The number of carbonyl (C=O) groups excluding carboxylic acids is 1. The Hall–Kier alpha value is -1.77. The highest BCUT2D eigenvalue weighted by Crippen LogP contribution is 2.36. The summed E-state index contributed by atoms with van der Waals surface area (Å²) in [6.07, 6.45) is -52.4. The van der Waals surface area contributed by atoms with Gasteiger partial charge in [-0.25, -0.2) is 9.78 Å². The van der Waals surface area contributed by atoms with Gasteiger partial charge in [-0.1, -0.05) is 6.92 Å². The summed E-state index contributed by atoms with van der Waals surface area (Å²) in [7, 11) is 2.54. The molecule has 5 rings (SSSR count). The van der Waals surface area contributed by atoms with Crippen LogP contribution in [0, 0.1) is 0 Å². The van der Waals surface area contributed by atoms with E-state index in [1.165, 1.54) is 14.0 Å². The lowest BCUT2D eigenvalue weighted by atomic mass is 9.94. The zero-order valence-electron chi connectivity index (χ0n) is 45.2. The molecule has 470 valence electrons. The molecule has 33 nitrogen and oxygen atoms in total. The quantitative estimate of drug-likeness (QED) is 0.0206. The average Bonchev–Trinajstić information content (AvgIpc) is 3.61. The molecule has 5 aliphatic heterocycles. The van der Waals surface area contributed by atoms with Crippen LogP contribution in [0.1, 0.15) is 53.9 Å². The van der Waals surface area contributed by atoms with Gasteiger partial charge in [0, 0.05) is 40.6 Å². The zero-order valence-corrected chi connectivity index (χ0v) is 45.2. The highest BCUT2D eigenvalue weighted by atomic mass is 17.2. The number of methoxy groups -OCH3 is 2. The Balaban J connectivity index is 1.45. The molecule has 0 spiro atoms. The Bertz CT molecular complexity index is 1790. The highest BCUT2D eigenvalue weighted by Gasteiger charge is 2.56. The van der Waals surface area contributed by atoms with Gasteiger partial charge in [-0.2, -0.15) is 0 Å². The van der Waals surface area contributed by atoms with E-state index in [0.717, 1.165) is 14.0 Å². The minimum absolute atomic E-state index is 0.0248. The Morgan fingerprint density at radius 2 is 1.18 bits per heavy atom. The maximum atomic E-state index is 13.0. The molecule has 1 amide bonds. The van der Waals surface area contributed by atoms with Crippen molar-refractivity contribution in [2.24, 2.45) is 0 Å². The van der Waals surface area contributed by atoms with Crippen molar-refractivity contribution in [3.8, 4) is 0 Å². The van der Waals surface area contributed by atoms with Gasteiger partial charge in [0.05, 0.1) is 56.9 Å². The lowest BCUT2D eigenvalue weighted by Gasteiger charge is -2.49. The van der Waals surface area contributed by atoms with E-state index >= 15 is 0 Å². The van der Waals surface area contributed by atoms with Gasteiger partial charge in [-0.05, 0) is 27.2 Å². The van der Waals surface area contributed by atoms with Crippen molar-refractivity contribution < 1.29 is 158 Å². The summed E-state index contributed by atoms with van der Waals surface area (Å²) in [6.45, 7) is 3.80. The third kappa shape index (κ3) is 17.0. The first kappa shape index (κ1) is 69.0. The number of hydrogen-bond acceptors (Lipinski definition) is 32. The summed E-state index contributed by atoms with van der Waals surface area (Å²) >= 11 is 0. The van der Waals surface area contributed by atoms with Gasteiger partial charge < -0.3 is 149 Å². The largest absolute Gasteiger partial charge is 0.394 e. The van der Waals surface area contributed by atoms with Crippen LogP contribution in [0.4, 0.5) is 0 Å². The number of ether oxygens (including phenoxy) is 13. The Kier molecular flexibility index (Phi) is 27.7. The number of amides is 1. The maximum Gasteiger partial charge on any atom is 0.218 e. The molecule has 17 N–H and O–H groups in total. The smallest absolute Gasteiger partial charge is 0.218 e. The topological polar surface area (TPSA) is 491 Å². The predicted molar refractivity (Wildman–Crippen MR) is 256 cm³/mol. The van der Waals surface area contributed by atoms with Gasteiger partial charge in [0.25, 0.3) is 0 Å². The molecule has 0 aliphatic carbocycles. The second-order valence-electron chi connectivity index (χ2n) is 20.1. The van der Waals surface area contributed by atoms with Gasteiger partial charge in [-0.15, -0.1) is 0 Å². The number of aliphatic hydroxyl groups is 16. The minimum Gasteiger partial charge on any atom is -0.394 e.